The van der Waals surface area contributed by atoms with Gasteiger partial charge in [0.25, 0.3) is 0 Å². The number of hydrogen-bond donors (Lipinski definition) is 1. The summed E-state index contributed by atoms with van der Waals surface area (Å²) in [6, 6.07) is 2.00. The summed E-state index contributed by atoms with van der Waals surface area (Å²) < 4.78 is 1.65. The number of piperidine rings is 1. The van der Waals surface area contributed by atoms with Crippen molar-refractivity contribution in [3.63, 3.8) is 0 Å². The zero-order valence-corrected chi connectivity index (χ0v) is 11.6. The van der Waals surface area contributed by atoms with Crippen LogP contribution < -0.4 is 5.01 Å². The molecule has 1 saturated heterocycles. The van der Waals surface area contributed by atoms with Gasteiger partial charge in [0, 0.05) is 23.8 Å². The maximum absolute atomic E-state index is 11.5. The summed E-state index contributed by atoms with van der Waals surface area (Å²) in [4.78, 5) is 22.8. The van der Waals surface area contributed by atoms with Crippen molar-refractivity contribution in [2.45, 2.75) is 52.1 Å². The van der Waals surface area contributed by atoms with Crippen molar-refractivity contribution in [2.75, 3.05) is 5.01 Å². The number of rotatable bonds is 3. The number of carboxylic acids is 1. The quantitative estimate of drug-likeness (QED) is 0.851. The molecule has 1 aromatic rings. The van der Waals surface area contributed by atoms with Crippen LogP contribution in [0.1, 0.15) is 60.9 Å². The molecule has 5 heteroatoms. The third-order valence-electron chi connectivity index (χ3n) is 3.82. The third kappa shape index (κ3) is 2.50. The number of Topliss-reactive ketones (excluding diaryl/α,β-unsaturated/α-hetero) is 1. The zero-order valence-electron chi connectivity index (χ0n) is 11.6. The Labute approximate surface area is 112 Å². The Morgan fingerprint density at radius 2 is 1.84 bits per heavy atom. The van der Waals surface area contributed by atoms with Crippen LogP contribution in [0.25, 0.3) is 0 Å². The molecule has 2 unspecified atom stereocenters. The van der Waals surface area contributed by atoms with E-state index in [0.29, 0.717) is 5.56 Å². The van der Waals surface area contributed by atoms with Gasteiger partial charge < -0.3 is 10.1 Å². The predicted molar refractivity (Wildman–Crippen MR) is 72.4 cm³/mol. The van der Waals surface area contributed by atoms with E-state index in [1.807, 2.05) is 0 Å². The first-order chi connectivity index (χ1) is 8.91. The van der Waals surface area contributed by atoms with Gasteiger partial charge in [0.05, 0.1) is 0 Å². The molecular formula is C14H20N2O3. The number of nitrogens with zero attached hydrogens (tertiary/aromatic N) is 2. The van der Waals surface area contributed by atoms with Crippen LogP contribution in [0.4, 0.5) is 0 Å². The summed E-state index contributed by atoms with van der Waals surface area (Å²) in [5.74, 6) is -1.11. The van der Waals surface area contributed by atoms with Gasteiger partial charge in [-0.25, -0.2) is 4.79 Å². The van der Waals surface area contributed by atoms with Crippen molar-refractivity contribution in [1.29, 1.82) is 0 Å². The highest BCUT2D eigenvalue weighted by molar-refractivity contribution is 5.97. The lowest BCUT2D eigenvalue weighted by Crippen LogP contribution is -2.51. The molecule has 0 aromatic carbocycles. The molecule has 0 bridgehead atoms. The van der Waals surface area contributed by atoms with E-state index in [4.69, 9.17) is 0 Å². The highest BCUT2D eigenvalue weighted by Gasteiger charge is 2.28. The van der Waals surface area contributed by atoms with E-state index in [-0.39, 0.29) is 23.6 Å². The van der Waals surface area contributed by atoms with Crippen LogP contribution in [0.2, 0.25) is 0 Å². The molecule has 104 valence electrons. The van der Waals surface area contributed by atoms with Crippen LogP contribution in [-0.4, -0.2) is 33.6 Å². The van der Waals surface area contributed by atoms with Crippen LogP contribution in [-0.2, 0) is 0 Å². The highest BCUT2D eigenvalue weighted by Crippen LogP contribution is 2.23. The molecule has 1 N–H and O–H groups in total. The van der Waals surface area contributed by atoms with Crippen LogP contribution in [0.3, 0.4) is 0 Å². The molecule has 2 rings (SSSR count). The fourth-order valence-corrected chi connectivity index (χ4v) is 2.83. The lowest BCUT2D eigenvalue weighted by Gasteiger charge is -2.41. The lowest BCUT2D eigenvalue weighted by atomic mass is 10.00. The molecule has 0 amide bonds. The number of carbonyl (C=O) groups is 2. The molecule has 2 heterocycles. The number of ketones is 1. The number of aromatic carboxylic acids is 1. The van der Waals surface area contributed by atoms with Crippen molar-refractivity contribution >= 4 is 11.8 Å². The normalized spacial score (nSPS) is 23.4. The summed E-state index contributed by atoms with van der Waals surface area (Å²) in [5, 5.41) is 11.4. The van der Waals surface area contributed by atoms with Crippen LogP contribution >= 0.6 is 0 Å². The summed E-state index contributed by atoms with van der Waals surface area (Å²) in [6.45, 7) is 5.64. The van der Waals surface area contributed by atoms with Gasteiger partial charge in [-0.3, -0.25) is 9.47 Å². The van der Waals surface area contributed by atoms with Gasteiger partial charge in [0.15, 0.2) is 5.78 Å². The van der Waals surface area contributed by atoms with Gasteiger partial charge in [-0.2, -0.15) is 0 Å². The summed E-state index contributed by atoms with van der Waals surface area (Å²) in [7, 11) is 0. The Balaban J connectivity index is 2.47. The van der Waals surface area contributed by atoms with Gasteiger partial charge >= 0.3 is 5.97 Å². The Kier molecular flexibility index (Phi) is 3.64. The van der Waals surface area contributed by atoms with Gasteiger partial charge in [-0.05, 0) is 46.1 Å². The smallest absolute Gasteiger partial charge is 0.354 e. The topological polar surface area (TPSA) is 62.5 Å². The van der Waals surface area contributed by atoms with E-state index in [0.717, 1.165) is 19.3 Å². The second-order valence-electron chi connectivity index (χ2n) is 5.33. The van der Waals surface area contributed by atoms with Gasteiger partial charge in [-0.15, -0.1) is 0 Å². The van der Waals surface area contributed by atoms with E-state index in [2.05, 4.69) is 18.9 Å². The molecule has 1 aliphatic heterocycles. The van der Waals surface area contributed by atoms with E-state index in [9.17, 15) is 14.7 Å². The summed E-state index contributed by atoms with van der Waals surface area (Å²) in [6.07, 6.45) is 4.88. The van der Waals surface area contributed by atoms with Crippen molar-refractivity contribution in [3.8, 4) is 0 Å². The molecule has 5 nitrogen and oxygen atoms in total. The minimum Gasteiger partial charge on any atom is -0.477 e. The SMILES string of the molecule is CC(=O)c1cc(C(=O)O)n(N2C(C)CCCC2C)c1. The fraction of sp³-hybridized carbons (Fsp3) is 0.571. The minimum atomic E-state index is -1.00. The summed E-state index contributed by atoms with van der Waals surface area (Å²) >= 11 is 0. The maximum atomic E-state index is 11.5. The largest absolute Gasteiger partial charge is 0.477 e. The van der Waals surface area contributed by atoms with Crippen molar-refractivity contribution in [2.24, 2.45) is 0 Å². The average Bonchev–Trinajstić information content (AvgIpc) is 2.73. The molecule has 0 radical (unpaired) electrons. The molecule has 0 saturated carbocycles. The number of aromatic nitrogens is 1. The minimum absolute atomic E-state index is 0.112. The van der Waals surface area contributed by atoms with Crippen molar-refractivity contribution in [3.05, 3.63) is 23.5 Å². The summed E-state index contributed by atoms with van der Waals surface area (Å²) in [5.41, 5.74) is 0.605. The molecule has 1 aromatic heterocycles. The molecule has 19 heavy (non-hydrogen) atoms. The van der Waals surface area contributed by atoms with E-state index < -0.39 is 5.97 Å². The van der Waals surface area contributed by atoms with Gasteiger partial charge in [0.1, 0.15) is 5.69 Å². The van der Waals surface area contributed by atoms with E-state index in [1.165, 1.54) is 13.0 Å². The number of carboxylic acid groups (broad SMARTS) is 1. The first-order valence-corrected chi connectivity index (χ1v) is 6.67. The van der Waals surface area contributed by atoms with E-state index in [1.54, 1.807) is 10.9 Å². The Bertz CT molecular complexity index is 497. The van der Waals surface area contributed by atoms with Gasteiger partial charge in [0.2, 0.25) is 0 Å². The zero-order chi connectivity index (χ0) is 14.2. The Morgan fingerprint density at radius 1 is 1.26 bits per heavy atom. The Hall–Kier alpha value is -1.78. The molecule has 0 spiro atoms. The first kappa shape index (κ1) is 13.6. The number of hydrogen-bond acceptors (Lipinski definition) is 3. The highest BCUT2D eigenvalue weighted by atomic mass is 16.4. The van der Waals surface area contributed by atoms with Crippen molar-refractivity contribution in [1.82, 2.24) is 4.68 Å². The molecule has 0 aliphatic carbocycles. The molecular weight excluding hydrogens is 244 g/mol. The number of carbonyl (C=O) groups excluding carboxylic acids is 1. The first-order valence-electron chi connectivity index (χ1n) is 6.67. The molecule has 1 aliphatic rings. The second kappa shape index (κ2) is 5.07. The van der Waals surface area contributed by atoms with E-state index >= 15 is 0 Å². The predicted octanol–water partition coefficient (Wildman–Crippen LogP) is 2.29. The second-order valence-corrected chi connectivity index (χ2v) is 5.33. The van der Waals surface area contributed by atoms with Gasteiger partial charge in [-0.1, -0.05) is 0 Å². The van der Waals surface area contributed by atoms with Crippen molar-refractivity contribution < 1.29 is 14.7 Å². The van der Waals surface area contributed by atoms with Crippen LogP contribution in [0, 0.1) is 0 Å². The third-order valence-corrected chi connectivity index (χ3v) is 3.82. The fourth-order valence-electron chi connectivity index (χ4n) is 2.83. The lowest BCUT2D eigenvalue weighted by molar-refractivity contribution is 0.0682. The molecule has 2 atom stereocenters. The monoisotopic (exact) mass is 264 g/mol. The van der Waals surface area contributed by atoms with Crippen LogP contribution in [0.15, 0.2) is 12.3 Å². The average molecular weight is 264 g/mol. The molecule has 1 fully saturated rings. The maximum Gasteiger partial charge on any atom is 0.354 e. The Morgan fingerprint density at radius 3 is 2.32 bits per heavy atom. The standard InChI is InChI=1S/C14H20N2O3/c1-9-5-4-6-10(2)16(9)15-8-12(11(3)17)7-13(15)14(18)19/h7-10H,4-6H2,1-3H3,(H,18,19). The van der Waals surface area contributed by atoms with Crippen LogP contribution in [0.5, 0.6) is 0 Å².